The SMILES string of the molecule is C#CCNC(C)CCCCCCC(C)C. The van der Waals surface area contributed by atoms with Gasteiger partial charge in [0.1, 0.15) is 0 Å². The lowest BCUT2D eigenvalue weighted by Gasteiger charge is -2.11. The predicted octanol–water partition coefficient (Wildman–Crippen LogP) is 3.59. The van der Waals surface area contributed by atoms with Crippen LogP contribution in [0.25, 0.3) is 0 Å². The fourth-order valence-electron chi connectivity index (χ4n) is 1.69. The predicted molar refractivity (Wildman–Crippen MR) is 68.8 cm³/mol. The van der Waals surface area contributed by atoms with E-state index in [0.717, 1.165) is 5.92 Å². The van der Waals surface area contributed by atoms with Crippen LogP contribution in [0, 0.1) is 18.3 Å². The normalized spacial score (nSPS) is 12.7. The average molecular weight is 209 g/mol. The number of terminal acetylenes is 1. The van der Waals surface area contributed by atoms with E-state index < -0.39 is 0 Å². The van der Waals surface area contributed by atoms with Crippen molar-refractivity contribution in [3.8, 4) is 12.3 Å². The summed E-state index contributed by atoms with van der Waals surface area (Å²) in [6.45, 7) is 7.51. The molecule has 0 amide bonds. The molecule has 0 aliphatic heterocycles. The molecule has 0 radical (unpaired) electrons. The summed E-state index contributed by atoms with van der Waals surface area (Å²) >= 11 is 0. The molecule has 1 N–H and O–H groups in total. The van der Waals surface area contributed by atoms with Crippen LogP contribution < -0.4 is 5.32 Å². The van der Waals surface area contributed by atoms with Crippen LogP contribution >= 0.6 is 0 Å². The topological polar surface area (TPSA) is 12.0 Å². The van der Waals surface area contributed by atoms with E-state index in [2.05, 4.69) is 32.0 Å². The monoisotopic (exact) mass is 209 g/mol. The van der Waals surface area contributed by atoms with Crippen molar-refractivity contribution in [2.45, 2.75) is 65.3 Å². The minimum Gasteiger partial charge on any atom is -0.304 e. The van der Waals surface area contributed by atoms with Gasteiger partial charge in [-0.3, -0.25) is 0 Å². The van der Waals surface area contributed by atoms with Crippen molar-refractivity contribution in [1.29, 1.82) is 0 Å². The highest BCUT2D eigenvalue weighted by molar-refractivity contribution is 4.87. The Hall–Kier alpha value is -0.480. The lowest BCUT2D eigenvalue weighted by atomic mass is 10.0. The highest BCUT2D eigenvalue weighted by Gasteiger charge is 1.99. The maximum atomic E-state index is 5.19. The Bertz CT molecular complexity index is 167. The molecule has 15 heavy (non-hydrogen) atoms. The second-order valence-corrected chi connectivity index (χ2v) is 4.87. The van der Waals surface area contributed by atoms with Gasteiger partial charge in [-0.05, 0) is 19.3 Å². The van der Waals surface area contributed by atoms with E-state index in [4.69, 9.17) is 6.42 Å². The van der Waals surface area contributed by atoms with Crippen LogP contribution in [-0.4, -0.2) is 12.6 Å². The van der Waals surface area contributed by atoms with Gasteiger partial charge in [0.2, 0.25) is 0 Å². The standard InChI is InChI=1S/C14H27N/c1-5-12-15-14(4)11-9-7-6-8-10-13(2)3/h1,13-15H,6-12H2,2-4H3. The Balaban J connectivity index is 3.13. The van der Waals surface area contributed by atoms with Gasteiger partial charge in [0.15, 0.2) is 0 Å². The van der Waals surface area contributed by atoms with Crippen molar-refractivity contribution in [2.24, 2.45) is 5.92 Å². The molecule has 0 aromatic rings. The molecule has 0 saturated carbocycles. The summed E-state index contributed by atoms with van der Waals surface area (Å²) in [6, 6.07) is 0.575. The van der Waals surface area contributed by atoms with Crippen molar-refractivity contribution in [3.05, 3.63) is 0 Å². The van der Waals surface area contributed by atoms with Crippen molar-refractivity contribution in [2.75, 3.05) is 6.54 Å². The molecule has 1 atom stereocenters. The lowest BCUT2D eigenvalue weighted by Crippen LogP contribution is -2.25. The van der Waals surface area contributed by atoms with Crippen LogP contribution in [0.1, 0.15) is 59.3 Å². The molecule has 1 nitrogen and oxygen atoms in total. The van der Waals surface area contributed by atoms with Gasteiger partial charge in [0.25, 0.3) is 0 Å². The maximum absolute atomic E-state index is 5.19. The van der Waals surface area contributed by atoms with Crippen LogP contribution in [0.5, 0.6) is 0 Å². The molecule has 0 rings (SSSR count). The van der Waals surface area contributed by atoms with Crippen LogP contribution in [-0.2, 0) is 0 Å². The summed E-state index contributed by atoms with van der Waals surface area (Å²) in [4.78, 5) is 0. The van der Waals surface area contributed by atoms with Crippen molar-refractivity contribution in [1.82, 2.24) is 5.32 Å². The second-order valence-electron chi connectivity index (χ2n) is 4.87. The number of nitrogens with one attached hydrogen (secondary N) is 1. The van der Waals surface area contributed by atoms with Crippen molar-refractivity contribution >= 4 is 0 Å². The zero-order chi connectivity index (χ0) is 11.5. The van der Waals surface area contributed by atoms with E-state index in [0.29, 0.717) is 12.6 Å². The van der Waals surface area contributed by atoms with E-state index in [9.17, 15) is 0 Å². The lowest BCUT2D eigenvalue weighted by molar-refractivity contribution is 0.481. The number of rotatable bonds is 9. The van der Waals surface area contributed by atoms with Crippen LogP contribution in [0.2, 0.25) is 0 Å². The number of unbranched alkanes of at least 4 members (excludes halogenated alkanes) is 3. The fraction of sp³-hybridized carbons (Fsp3) is 0.857. The molecule has 0 aliphatic rings. The molecular formula is C14H27N. The van der Waals surface area contributed by atoms with Crippen molar-refractivity contribution < 1.29 is 0 Å². The fourth-order valence-corrected chi connectivity index (χ4v) is 1.69. The number of hydrogen-bond acceptors (Lipinski definition) is 1. The third-order valence-corrected chi connectivity index (χ3v) is 2.72. The molecule has 0 saturated heterocycles. The Morgan fingerprint density at radius 2 is 1.60 bits per heavy atom. The van der Waals surface area contributed by atoms with Gasteiger partial charge in [-0.1, -0.05) is 51.9 Å². The van der Waals surface area contributed by atoms with Gasteiger partial charge in [-0.15, -0.1) is 6.42 Å². The highest BCUT2D eigenvalue weighted by atomic mass is 14.9. The van der Waals surface area contributed by atoms with Gasteiger partial charge < -0.3 is 5.32 Å². The molecule has 0 bridgehead atoms. The summed E-state index contributed by atoms with van der Waals surface area (Å²) in [5.41, 5.74) is 0. The Morgan fingerprint density at radius 1 is 1.00 bits per heavy atom. The minimum absolute atomic E-state index is 0.575. The third-order valence-electron chi connectivity index (χ3n) is 2.72. The quantitative estimate of drug-likeness (QED) is 0.452. The van der Waals surface area contributed by atoms with E-state index in [1.54, 1.807) is 0 Å². The number of hydrogen-bond donors (Lipinski definition) is 1. The maximum Gasteiger partial charge on any atom is 0.0575 e. The second kappa shape index (κ2) is 10.1. The highest BCUT2D eigenvalue weighted by Crippen LogP contribution is 2.11. The first kappa shape index (κ1) is 14.5. The molecule has 0 aromatic heterocycles. The smallest absolute Gasteiger partial charge is 0.0575 e. The molecule has 1 heteroatoms. The first-order valence-electron chi connectivity index (χ1n) is 6.33. The Morgan fingerprint density at radius 3 is 2.13 bits per heavy atom. The van der Waals surface area contributed by atoms with E-state index in [1.807, 2.05) is 0 Å². The van der Waals surface area contributed by atoms with E-state index in [-0.39, 0.29) is 0 Å². The largest absolute Gasteiger partial charge is 0.304 e. The molecule has 88 valence electrons. The Labute approximate surface area is 96.0 Å². The van der Waals surface area contributed by atoms with Crippen molar-refractivity contribution in [3.63, 3.8) is 0 Å². The van der Waals surface area contributed by atoms with Crippen LogP contribution in [0.4, 0.5) is 0 Å². The van der Waals surface area contributed by atoms with Gasteiger partial charge in [-0.2, -0.15) is 0 Å². The Kier molecular flexibility index (Phi) is 9.73. The molecular weight excluding hydrogens is 182 g/mol. The summed E-state index contributed by atoms with van der Waals surface area (Å²) in [7, 11) is 0. The van der Waals surface area contributed by atoms with Crippen LogP contribution in [0.15, 0.2) is 0 Å². The van der Waals surface area contributed by atoms with Crippen LogP contribution in [0.3, 0.4) is 0 Å². The van der Waals surface area contributed by atoms with Gasteiger partial charge in [0, 0.05) is 6.04 Å². The zero-order valence-electron chi connectivity index (χ0n) is 10.7. The zero-order valence-corrected chi connectivity index (χ0v) is 10.7. The van der Waals surface area contributed by atoms with Gasteiger partial charge >= 0.3 is 0 Å². The molecule has 0 spiro atoms. The average Bonchev–Trinajstić information content (AvgIpc) is 2.19. The molecule has 0 fully saturated rings. The summed E-state index contributed by atoms with van der Waals surface area (Å²) in [6.07, 6.45) is 13.3. The first-order chi connectivity index (χ1) is 7.16. The van der Waals surface area contributed by atoms with E-state index >= 15 is 0 Å². The van der Waals surface area contributed by atoms with E-state index in [1.165, 1.54) is 38.5 Å². The molecule has 0 aromatic carbocycles. The summed E-state index contributed by atoms with van der Waals surface area (Å²) < 4.78 is 0. The molecule has 1 unspecified atom stereocenters. The molecule has 0 heterocycles. The summed E-state index contributed by atoms with van der Waals surface area (Å²) in [5, 5.41) is 3.31. The first-order valence-corrected chi connectivity index (χ1v) is 6.33. The molecule has 0 aliphatic carbocycles. The van der Waals surface area contributed by atoms with Gasteiger partial charge in [-0.25, -0.2) is 0 Å². The summed E-state index contributed by atoms with van der Waals surface area (Å²) in [5.74, 6) is 3.47. The van der Waals surface area contributed by atoms with Gasteiger partial charge in [0.05, 0.1) is 6.54 Å². The third kappa shape index (κ3) is 11.4. The minimum atomic E-state index is 0.575.